The smallest absolute Gasteiger partial charge is 0.261 e. The van der Waals surface area contributed by atoms with Crippen molar-refractivity contribution in [3.05, 3.63) is 75.6 Å². The number of amides is 2. The Morgan fingerprint density at radius 1 is 1.08 bits per heavy atom. The zero-order chi connectivity index (χ0) is 17.3. The lowest BCUT2D eigenvalue weighted by molar-refractivity contribution is 0.100. The molecule has 0 unspecified atom stereocenters. The number of pyridine rings is 1. The zero-order valence-electron chi connectivity index (χ0n) is 12.9. The first-order valence-electron chi connectivity index (χ1n) is 7.29. The van der Waals surface area contributed by atoms with Crippen molar-refractivity contribution in [1.82, 2.24) is 4.98 Å². The number of H-pyrrole nitrogens is 1. The fourth-order valence-corrected chi connectivity index (χ4v) is 2.50. The van der Waals surface area contributed by atoms with Crippen LogP contribution in [0.4, 0.5) is 5.69 Å². The summed E-state index contributed by atoms with van der Waals surface area (Å²) in [5, 5.41) is 3.02. The van der Waals surface area contributed by atoms with Gasteiger partial charge in [0.2, 0.25) is 5.43 Å². The van der Waals surface area contributed by atoms with E-state index in [1.54, 1.807) is 36.4 Å². The molecule has 120 valence electrons. The number of benzene rings is 2. The Labute approximate surface area is 137 Å². The number of nitrogens with two attached hydrogens (primary N) is 1. The van der Waals surface area contributed by atoms with Gasteiger partial charge in [0, 0.05) is 17.1 Å². The van der Waals surface area contributed by atoms with Gasteiger partial charge in [-0.15, -0.1) is 0 Å². The van der Waals surface area contributed by atoms with Crippen LogP contribution in [0.5, 0.6) is 0 Å². The second-order valence-electron chi connectivity index (χ2n) is 5.44. The summed E-state index contributed by atoms with van der Waals surface area (Å²) in [6, 6.07) is 11.8. The summed E-state index contributed by atoms with van der Waals surface area (Å²) in [6.07, 6.45) is 1.36. The molecule has 24 heavy (non-hydrogen) atoms. The van der Waals surface area contributed by atoms with E-state index in [0.717, 1.165) is 5.56 Å². The van der Waals surface area contributed by atoms with Crippen molar-refractivity contribution in [2.45, 2.75) is 6.92 Å². The molecule has 0 spiro atoms. The summed E-state index contributed by atoms with van der Waals surface area (Å²) in [4.78, 5) is 39.4. The van der Waals surface area contributed by atoms with Gasteiger partial charge in [-0.1, -0.05) is 18.2 Å². The number of rotatable bonds is 3. The Hall–Kier alpha value is -3.41. The zero-order valence-corrected chi connectivity index (χ0v) is 12.9. The number of anilines is 1. The standard InChI is InChI=1S/C18H15N3O3/c1-10-6-7-12(17(19)23)15(8-10)21-18(24)13-9-20-14-5-3-2-4-11(14)16(13)22/h2-9H,1H3,(H2,19,23)(H,20,22)(H,21,24). The molecule has 4 N–H and O–H groups in total. The number of nitrogens with one attached hydrogen (secondary N) is 2. The first-order valence-corrected chi connectivity index (χ1v) is 7.29. The Balaban J connectivity index is 2.03. The number of aryl methyl sites for hydroxylation is 1. The van der Waals surface area contributed by atoms with Gasteiger partial charge in [0.05, 0.1) is 11.3 Å². The minimum absolute atomic E-state index is 0.0365. The van der Waals surface area contributed by atoms with Crippen LogP contribution in [0.15, 0.2) is 53.5 Å². The van der Waals surface area contributed by atoms with Crippen molar-refractivity contribution >= 4 is 28.4 Å². The van der Waals surface area contributed by atoms with Crippen LogP contribution < -0.4 is 16.5 Å². The molecule has 0 atom stereocenters. The number of hydrogen-bond donors (Lipinski definition) is 3. The van der Waals surface area contributed by atoms with Gasteiger partial charge in [-0.3, -0.25) is 14.4 Å². The first kappa shape index (κ1) is 15.5. The van der Waals surface area contributed by atoms with Gasteiger partial charge in [0.25, 0.3) is 11.8 Å². The molecule has 3 aromatic rings. The second kappa shape index (κ2) is 6.00. The van der Waals surface area contributed by atoms with Crippen molar-refractivity contribution in [3.63, 3.8) is 0 Å². The molecule has 0 fully saturated rings. The van der Waals surface area contributed by atoms with Gasteiger partial charge < -0.3 is 16.0 Å². The first-order chi connectivity index (χ1) is 11.5. The van der Waals surface area contributed by atoms with Crippen LogP contribution in [-0.2, 0) is 0 Å². The molecule has 0 saturated heterocycles. The van der Waals surface area contributed by atoms with E-state index < -0.39 is 11.8 Å². The highest BCUT2D eigenvalue weighted by molar-refractivity contribution is 6.09. The molecule has 6 heteroatoms. The van der Waals surface area contributed by atoms with Gasteiger partial charge in [-0.2, -0.15) is 0 Å². The van der Waals surface area contributed by atoms with E-state index in [1.807, 2.05) is 6.92 Å². The van der Waals surface area contributed by atoms with Gasteiger partial charge in [-0.25, -0.2) is 0 Å². The topological polar surface area (TPSA) is 105 Å². The van der Waals surface area contributed by atoms with E-state index in [2.05, 4.69) is 10.3 Å². The third-order valence-corrected chi connectivity index (χ3v) is 3.72. The predicted molar refractivity (Wildman–Crippen MR) is 92.2 cm³/mol. The Morgan fingerprint density at radius 3 is 2.58 bits per heavy atom. The highest BCUT2D eigenvalue weighted by Gasteiger charge is 2.16. The third-order valence-electron chi connectivity index (χ3n) is 3.72. The van der Waals surface area contributed by atoms with Crippen LogP contribution in [0.2, 0.25) is 0 Å². The summed E-state index contributed by atoms with van der Waals surface area (Å²) in [5.74, 6) is -1.26. The number of fused-ring (bicyclic) bond motifs is 1. The highest BCUT2D eigenvalue weighted by atomic mass is 16.2. The van der Waals surface area contributed by atoms with Crippen molar-refractivity contribution < 1.29 is 9.59 Å². The minimum Gasteiger partial charge on any atom is -0.366 e. The molecule has 0 aliphatic carbocycles. The van der Waals surface area contributed by atoms with Crippen molar-refractivity contribution in [2.75, 3.05) is 5.32 Å². The van der Waals surface area contributed by atoms with Gasteiger partial charge >= 0.3 is 0 Å². The molecule has 1 heterocycles. The molecule has 2 amide bonds. The minimum atomic E-state index is -0.655. The number of aromatic nitrogens is 1. The Kier molecular flexibility index (Phi) is 3.87. The normalized spacial score (nSPS) is 10.5. The number of carbonyl (C=O) groups excluding carboxylic acids is 2. The molecule has 0 aliphatic heterocycles. The lowest BCUT2D eigenvalue weighted by Gasteiger charge is -2.10. The molecule has 0 radical (unpaired) electrons. The molecule has 3 rings (SSSR count). The lowest BCUT2D eigenvalue weighted by atomic mass is 10.1. The van der Waals surface area contributed by atoms with Crippen molar-refractivity contribution in [1.29, 1.82) is 0 Å². The van der Waals surface area contributed by atoms with E-state index in [0.29, 0.717) is 10.9 Å². The fraction of sp³-hybridized carbons (Fsp3) is 0.0556. The van der Waals surface area contributed by atoms with Crippen LogP contribution in [0.25, 0.3) is 10.9 Å². The van der Waals surface area contributed by atoms with Crippen LogP contribution in [0, 0.1) is 6.92 Å². The highest BCUT2D eigenvalue weighted by Crippen LogP contribution is 2.18. The van der Waals surface area contributed by atoms with E-state index in [9.17, 15) is 14.4 Å². The molecule has 0 aliphatic rings. The number of hydrogen-bond acceptors (Lipinski definition) is 3. The van der Waals surface area contributed by atoms with Crippen molar-refractivity contribution in [3.8, 4) is 0 Å². The molecule has 2 aromatic carbocycles. The van der Waals surface area contributed by atoms with E-state index >= 15 is 0 Å². The third kappa shape index (κ3) is 2.77. The summed E-state index contributed by atoms with van der Waals surface area (Å²) < 4.78 is 0. The van der Waals surface area contributed by atoms with Gasteiger partial charge in [-0.05, 0) is 36.8 Å². The SMILES string of the molecule is Cc1ccc(C(N)=O)c(NC(=O)c2c[nH]c3ccccc3c2=O)c1. The monoisotopic (exact) mass is 321 g/mol. The quantitative estimate of drug-likeness (QED) is 0.688. The van der Waals surface area contributed by atoms with Crippen LogP contribution in [0.3, 0.4) is 0 Å². The molecule has 0 saturated carbocycles. The van der Waals surface area contributed by atoms with E-state index in [-0.39, 0.29) is 22.2 Å². The van der Waals surface area contributed by atoms with Crippen LogP contribution in [-0.4, -0.2) is 16.8 Å². The fourth-order valence-electron chi connectivity index (χ4n) is 2.50. The van der Waals surface area contributed by atoms with Crippen LogP contribution in [0.1, 0.15) is 26.3 Å². The molecular weight excluding hydrogens is 306 g/mol. The summed E-state index contributed by atoms with van der Waals surface area (Å²) >= 11 is 0. The molecule has 1 aromatic heterocycles. The van der Waals surface area contributed by atoms with Gasteiger partial charge in [0.1, 0.15) is 5.56 Å². The maximum Gasteiger partial charge on any atom is 0.261 e. The predicted octanol–water partition coefficient (Wildman–Crippen LogP) is 2.19. The lowest BCUT2D eigenvalue weighted by Crippen LogP contribution is -2.24. The van der Waals surface area contributed by atoms with Crippen molar-refractivity contribution in [2.24, 2.45) is 5.73 Å². The average Bonchev–Trinajstić information content (AvgIpc) is 2.55. The molecular formula is C18H15N3O3. The Morgan fingerprint density at radius 2 is 1.83 bits per heavy atom. The number of para-hydroxylation sites is 1. The maximum absolute atomic E-state index is 12.5. The Bertz CT molecular complexity index is 1020. The largest absolute Gasteiger partial charge is 0.366 e. The molecule has 0 bridgehead atoms. The summed E-state index contributed by atoms with van der Waals surface area (Å²) in [5.41, 5.74) is 6.87. The van der Waals surface area contributed by atoms with E-state index in [4.69, 9.17) is 5.73 Å². The average molecular weight is 321 g/mol. The number of carbonyl (C=O) groups is 2. The number of aromatic amines is 1. The maximum atomic E-state index is 12.5. The number of primary amides is 1. The van der Waals surface area contributed by atoms with E-state index in [1.165, 1.54) is 12.3 Å². The second-order valence-corrected chi connectivity index (χ2v) is 5.44. The summed E-state index contributed by atoms with van der Waals surface area (Å²) in [6.45, 7) is 1.82. The van der Waals surface area contributed by atoms with Gasteiger partial charge in [0.15, 0.2) is 0 Å². The molecule has 6 nitrogen and oxygen atoms in total. The summed E-state index contributed by atoms with van der Waals surface area (Å²) in [7, 11) is 0. The van der Waals surface area contributed by atoms with Crippen LogP contribution >= 0.6 is 0 Å².